The van der Waals surface area contributed by atoms with Gasteiger partial charge in [-0.1, -0.05) is 6.07 Å². The zero-order chi connectivity index (χ0) is 22.3. The van der Waals surface area contributed by atoms with Crippen LogP contribution in [0.2, 0.25) is 0 Å². The highest BCUT2D eigenvalue weighted by Gasteiger charge is 2.20. The molecule has 31 heavy (non-hydrogen) atoms. The molecule has 1 amide bonds. The number of nitrogens with one attached hydrogen (secondary N) is 2. The lowest BCUT2D eigenvalue weighted by molar-refractivity contribution is -0.111. The Hall–Kier alpha value is -2.88. The highest BCUT2D eigenvalue weighted by Crippen LogP contribution is 2.28. The third kappa shape index (κ3) is 6.30. The van der Waals surface area contributed by atoms with Crippen LogP contribution in [0.5, 0.6) is 11.5 Å². The lowest BCUT2D eigenvalue weighted by Gasteiger charge is -2.11. The minimum absolute atomic E-state index is 0.0780. The van der Waals surface area contributed by atoms with Crippen LogP contribution in [-0.4, -0.2) is 47.8 Å². The van der Waals surface area contributed by atoms with Crippen molar-refractivity contribution in [1.82, 2.24) is 4.72 Å². The Morgan fingerprint density at radius 3 is 2.52 bits per heavy atom. The second kappa shape index (κ2) is 10.4. The Kier molecular flexibility index (Phi) is 7.67. The minimum atomic E-state index is -3.63. The maximum Gasteiger partial charge on any atom is 0.248 e. The Labute approximate surface area is 182 Å². The number of ether oxygens (including phenoxy) is 3. The van der Waals surface area contributed by atoms with Crippen LogP contribution in [0.4, 0.5) is 5.69 Å². The molecule has 0 spiro atoms. The molecular weight excluding hydrogens is 420 g/mol. The van der Waals surface area contributed by atoms with Crippen molar-refractivity contribution < 1.29 is 27.4 Å². The standard InChI is InChI=1S/C22H26N2O6S/c1-28-20-11-5-16(14-21(20)29-2)6-12-22(25)24-17-7-9-19(10-8-17)31(26,27)23-15-18-4-3-13-30-18/h5-12,14,18,23H,3-4,13,15H2,1-2H3,(H,24,25)/b12-6+. The van der Waals surface area contributed by atoms with Gasteiger partial charge in [-0.25, -0.2) is 13.1 Å². The summed E-state index contributed by atoms with van der Waals surface area (Å²) >= 11 is 0. The molecule has 0 saturated carbocycles. The first-order chi connectivity index (χ1) is 14.9. The predicted octanol–water partition coefficient (Wildman–Crippen LogP) is 2.81. The fraction of sp³-hybridized carbons (Fsp3) is 0.318. The molecular formula is C22H26N2O6S. The van der Waals surface area contributed by atoms with Gasteiger partial charge in [-0.3, -0.25) is 4.79 Å². The SMILES string of the molecule is COc1ccc(/C=C/C(=O)Nc2ccc(S(=O)(=O)NCC3CCCO3)cc2)cc1OC. The fourth-order valence-corrected chi connectivity index (χ4v) is 4.19. The molecule has 166 valence electrons. The fourth-order valence-electron chi connectivity index (χ4n) is 3.12. The summed E-state index contributed by atoms with van der Waals surface area (Å²) in [7, 11) is -0.536. The zero-order valence-corrected chi connectivity index (χ0v) is 18.3. The normalized spacial score (nSPS) is 16.4. The van der Waals surface area contributed by atoms with Crippen molar-refractivity contribution in [2.45, 2.75) is 23.8 Å². The van der Waals surface area contributed by atoms with Crippen LogP contribution in [0.1, 0.15) is 18.4 Å². The van der Waals surface area contributed by atoms with Crippen LogP contribution in [0.25, 0.3) is 6.08 Å². The van der Waals surface area contributed by atoms with Crippen molar-refractivity contribution in [3.63, 3.8) is 0 Å². The van der Waals surface area contributed by atoms with Crippen molar-refractivity contribution >= 4 is 27.7 Å². The van der Waals surface area contributed by atoms with Gasteiger partial charge in [0.05, 0.1) is 25.2 Å². The Morgan fingerprint density at radius 1 is 1.13 bits per heavy atom. The molecule has 1 fully saturated rings. The van der Waals surface area contributed by atoms with Crippen LogP contribution in [-0.2, 0) is 19.6 Å². The van der Waals surface area contributed by atoms with E-state index in [2.05, 4.69) is 10.0 Å². The molecule has 1 aliphatic heterocycles. The van der Waals surface area contributed by atoms with Crippen molar-refractivity contribution in [3.8, 4) is 11.5 Å². The van der Waals surface area contributed by atoms with Crippen LogP contribution in [0, 0.1) is 0 Å². The molecule has 1 unspecified atom stereocenters. The van der Waals surface area contributed by atoms with Crippen molar-refractivity contribution in [2.24, 2.45) is 0 Å². The van der Waals surface area contributed by atoms with Gasteiger partial charge >= 0.3 is 0 Å². The third-order valence-corrected chi connectivity index (χ3v) is 6.23. The first-order valence-electron chi connectivity index (χ1n) is 9.83. The lowest BCUT2D eigenvalue weighted by atomic mass is 10.2. The number of anilines is 1. The van der Waals surface area contributed by atoms with Gasteiger partial charge in [0.25, 0.3) is 0 Å². The smallest absolute Gasteiger partial charge is 0.248 e. The minimum Gasteiger partial charge on any atom is -0.493 e. The number of carbonyl (C=O) groups excluding carboxylic acids is 1. The van der Waals surface area contributed by atoms with Gasteiger partial charge in [-0.2, -0.15) is 0 Å². The second-order valence-electron chi connectivity index (χ2n) is 6.95. The highest BCUT2D eigenvalue weighted by atomic mass is 32.2. The number of sulfonamides is 1. The summed E-state index contributed by atoms with van der Waals surface area (Å²) in [5, 5.41) is 2.70. The zero-order valence-electron chi connectivity index (χ0n) is 17.5. The number of rotatable bonds is 9. The van der Waals surface area contributed by atoms with E-state index >= 15 is 0 Å². The molecule has 2 aromatic carbocycles. The Morgan fingerprint density at radius 2 is 1.87 bits per heavy atom. The summed E-state index contributed by atoms with van der Waals surface area (Å²) in [5.74, 6) is 0.821. The number of carbonyl (C=O) groups is 1. The molecule has 2 aromatic rings. The largest absolute Gasteiger partial charge is 0.493 e. The maximum atomic E-state index is 12.4. The quantitative estimate of drug-likeness (QED) is 0.574. The monoisotopic (exact) mass is 446 g/mol. The number of amides is 1. The first-order valence-corrected chi connectivity index (χ1v) is 11.3. The average molecular weight is 447 g/mol. The predicted molar refractivity (Wildman–Crippen MR) is 118 cm³/mol. The number of methoxy groups -OCH3 is 2. The summed E-state index contributed by atoms with van der Waals surface area (Å²) in [4.78, 5) is 12.3. The van der Waals surface area contributed by atoms with E-state index in [0.717, 1.165) is 18.4 Å². The van der Waals surface area contributed by atoms with Crippen LogP contribution in [0.3, 0.4) is 0 Å². The molecule has 0 radical (unpaired) electrons. The van der Waals surface area contributed by atoms with E-state index in [4.69, 9.17) is 14.2 Å². The number of benzene rings is 2. The first kappa shape index (κ1) is 22.8. The summed E-state index contributed by atoms with van der Waals surface area (Å²) in [6, 6.07) is 11.3. The van der Waals surface area contributed by atoms with Gasteiger partial charge < -0.3 is 19.5 Å². The van der Waals surface area contributed by atoms with Gasteiger partial charge in [0.1, 0.15) is 0 Å². The van der Waals surface area contributed by atoms with Gasteiger partial charge in [0, 0.05) is 24.9 Å². The highest BCUT2D eigenvalue weighted by molar-refractivity contribution is 7.89. The van der Waals surface area contributed by atoms with E-state index in [1.807, 2.05) is 0 Å². The molecule has 1 saturated heterocycles. The molecule has 0 bridgehead atoms. The topological polar surface area (TPSA) is 103 Å². The summed E-state index contributed by atoms with van der Waals surface area (Å²) in [6.45, 7) is 0.920. The van der Waals surface area contributed by atoms with Gasteiger partial charge in [0.2, 0.25) is 15.9 Å². The van der Waals surface area contributed by atoms with Crippen LogP contribution >= 0.6 is 0 Å². The molecule has 2 N–H and O–H groups in total. The molecule has 1 heterocycles. The van der Waals surface area contributed by atoms with Crippen LogP contribution in [0.15, 0.2) is 53.4 Å². The van der Waals surface area contributed by atoms with E-state index < -0.39 is 10.0 Å². The maximum absolute atomic E-state index is 12.4. The van der Waals surface area contributed by atoms with Gasteiger partial charge in [0.15, 0.2) is 11.5 Å². The second-order valence-corrected chi connectivity index (χ2v) is 8.72. The molecule has 1 atom stereocenters. The summed E-state index contributed by atoms with van der Waals surface area (Å²) in [5.41, 5.74) is 1.26. The van der Waals surface area contributed by atoms with E-state index in [1.54, 1.807) is 50.6 Å². The van der Waals surface area contributed by atoms with E-state index in [1.165, 1.54) is 18.2 Å². The molecule has 3 rings (SSSR count). The summed E-state index contributed by atoms with van der Waals surface area (Å²) < 4.78 is 43.2. The lowest BCUT2D eigenvalue weighted by Crippen LogP contribution is -2.31. The van der Waals surface area contributed by atoms with E-state index in [-0.39, 0.29) is 23.5 Å². The van der Waals surface area contributed by atoms with E-state index in [0.29, 0.717) is 23.8 Å². The average Bonchev–Trinajstić information content (AvgIpc) is 3.30. The third-order valence-electron chi connectivity index (χ3n) is 4.79. The Bertz CT molecular complexity index is 1030. The molecule has 9 heteroatoms. The van der Waals surface area contributed by atoms with Crippen molar-refractivity contribution in [2.75, 3.05) is 32.7 Å². The summed E-state index contributed by atoms with van der Waals surface area (Å²) in [6.07, 6.45) is 4.75. The van der Waals surface area contributed by atoms with Crippen LogP contribution < -0.4 is 19.5 Å². The Balaban J connectivity index is 1.57. The molecule has 0 aliphatic carbocycles. The molecule has 0 aromatic heterocycles. The van der Waals surface area contributed by atoms with E-state index in [9.17, 15) is 13.2 Å². The van der Waals surface area contributed by atoms with Crippen molar-refractivity contribution in [3.05, 3.63) is 54.1 Å². The molecule has 1 aliphatic rings. The number of hydrogen-bond acceptors (Lipinski definition) is 6. The molecule has 8 nitrogen and oxygen atoms in total. The number of hydrogen-bond donors (Lipinski definition) is 2. The van der Waals surface area contributed by atoms with Gasteiger partial charge in [-0.15, -0.1) is 0 Å². The van der Waals surface area contributed by atoms with Crippen molar-refractivity contribution in [1.29, 1.82) is 0 Å². The van der Waals surface area contributed by atoms with Gasteiger partial charge in [-0.05, 0) is 60.9 Å².